The number of hydrogen-bond donors (Lipinski definition) is 1. The van der Waals surface area contributed by atoms with Crippen LogP contribution in [0.2, 0.25) is 0 Å². The molecule has 0 spiro atoms. The fraction of sp³-hybridized carbons (Fsp3) is 0.833. The zero-order valence-electron chi connectivity index (χ0n) is 11.2. The van der Waals surface area contributed by atoms with E-state index < -0.39 is 17.6 Å². The predicted molar refractivity (Wildman–Crippen MR) is 68.0 cm³/mol. The van der Waals surface area contributed by atoms with E-state index in [1.165, 1.54) is 0 Å². The van der Waals surface area contributed by atoms with E-state index >= 15 is 0 Å². The van der Waals surface area contributed by atoms with E-state index in [-0.39, 0.29) is 17.7 Å². The number of esters is 1. The Morgan fingerprint density at radius 2 is 1.88 bits per heavy atom. The maximum Gasteiger partial charge on any atom is 0.329 e. The third-order valence-corrected chi connectivity index (χ3v) is 2.55. The van der Waals surface area contributed by atoms with Crippen LogP contribution >= 0.6 is 11.6 Å². The van der Waals surface area contributed by atoms with Crippen LogP contribution in [0.4, 0.5) is 0 Å². The highest BCUT2D eigenvalue weighted by Crippen LogP contribution is 2.14. The minimum atomic E-state index is -0.634. The molecule has 0 bridgehead atoms. The summed E-state index contributed by atoms with van der Waals surface area (Å²) in [6, 6.07) is -0.634. The summed E-state index contributed by atoms with van der Waals surface area (Å²) in [6.45, 7) is 9.23. The molecular formula is C12H22ClNO3. The van der Waals surface area contributed by atoms with Crippen molar-refractivity contribution in [2.45, 2.75) is 52.7 Å². The molecular weight excluding hydrogens is 242 g/mol. The Balaban J connectivity index is 4.68. The molecule has 0 aromatic heterocycles. The van der Waals surface area contributed by atoms with E-state index in [4.69, 9.17) is 16.3 Å². The molecule has 0 aliphatic rings. The molecule has 0 aliphatic carbocycles. The highest BCUT2D eigenvalue weighted by molar-refractivity contribution is 6.27. The van der Waals surface area contributed by atoms with Gasteiger partial charge in [0, 0.05) is 0 Å². The summed E-state index contributed by atoms with van der Waals surface area (Å²) in [7, 11) is 0. The Bertz CT molecular complexity index is 273. The highest BCUT2D eigenvalue weighted by atomic mass is 35.5. The van der Waals surface area contributed by atoms with Crippen molar-refractivity contribution in [2.24, 2.45) is 5.92 Å². The first kappa shape index (κ1) is 16.2. The lowest BCUT2D eigenvalue weighted by atomic mass is 9.99. The third kappa shape index (κ3) is 6.51. The number of hydrogen-bond acceptors (Lipinski definition) is 3. The fourth-order valence-corrected chi connectivity index (χ4v) is 1.32. The smallest absolute Gasteiger partial charge is 0.329 e. The standard InChI is InChI=1S/C12H22ClNO3/c1-6-8(2)10(14-9(15)7-13)11(16)17-12(3,4)5/h8,10H,6-7H2,1-5H3,(H,14,15)/t8-,10-/m1/s1. The molecule has 5 heteroatoms. The molecule has 0 radical (unpaired) electrons. The second-order valence-corrected chi connectivity index (χ2v) is 5.37. The zero-order chi connectivity index (χ0) is 13.6. The van der Waals surface area contributed by atoms with E-state index in [9.17, 15) is 9.59 Å². The first-order chi connectivity index (χ1) is 7.71. The van der Waals surface area contributed by atoms with Gasteiger partial charge in [0.15, 0.2) is 0 Å². The second kappa shape index (κ2) is 6.84. The predicted octanol–water partition coefficient (Wildman–Crippen LogP) is 2.10. The van der Waals surface area contributed by atoms with Gasteiger partial charge in [-0.3, -0.25) is 4.79 Å². The van der Waals surface area contributed by atoms with E-state index in [1.807, 2.05) is 13.8 Å². The monoisotopic (exact) mass is 263 g/mol. The average molecular weight is 264 g/mol. The fourth-order valence-electron chi connectivity index (χ4n) is 1.25. The molecule has 0 unspecified atom stereocenters. The van der Waals surface area contributed by atoms with Gasteiger partial charge < -0.3 is 10.1 Å². The first-order valence-electron chi connectivity index (χ1n) is 5.79. The van der Waals surface area contributed by atoms with Crippen molar-refractivity contribution in [3.05, 3.63) is 0 Å². The molecule has 0 aromatic carbocycles. The zero-order valence-corrected chi connectivity index (χ0v) is 11.9. The number of halogens is 1. The lowest BCUT2D eigenvalue weighted by Gasteiger charge is -2.27. The number of ether oxygens (including phenoxy) is 1. The van der Waals surface area contributed by atoms with Gasteiger partial charge in [0.05, 0.1) is 0 Å². The minimum absolute atomic E-state index is 0.0111. The van der Waals surface area contributed by atoms with Crippen LogP contribution in [0, 0.1) is 5.92 Å². The van der Waals surface area contributed by atoms with E-state index in [0.717, 1.165) is 6.42 Å². The molecule has 4 nitrogen and oxygen atoms in total. The SMILES string of the molecule is CC[C@@H](C)[C@@H](NC(=O)CCl)C(=O)OC(C)(C)C. The molecule has 0 saturated heterocycles. The van der Waals surface area contributed by atoms with Crippen molar-refractivity contribution < 1.29 is 14.3 Å². The van der Waals surface area contributed by atoms with Gasteiger partial charge in [-0.1, -0.05) is 20.3 Å². The van der Waals surface area contributed by atoms with Crippen molar-refractivity contribution in [1.29, 1.82) is 0 Å². The Morgan fingerprint density at radius 1 is 1.35 bits per heavy atom. The molecule has 0 rings (SSSR count). The Morgan fingerprint density at radius 3 is 2.24 bits per heavy atom. The average Bonchev–Trinajstić information content (AvgIpc) is 2.21. The Kier molecular flexibility index (Phi) is 6.53. The summed E-state index contributed by atoms with van der Waals surface area (Å²) in [5.74, 6) is -0.916. The van der Waals surface area contributed by atoms with Crippen LogP contribution < -0.4 is 5.32 Å². The Hall–Kier alpha value is -0.770. The van der Waals surface area contributed by atoms with Gasteiger partial charge in [-0.05, 0) is 26.7 Å². The molecule has 0 saturated carbocycles. The number of amides is 1. The number of carbonyl (C=O) groups is 2. The quantitative estimate of drug-likeness (QED) is 0.610. The number of rotatable bonds is 5. The van der Waals surface area contributed by atoms with Crippen LogP contribution in [-0.2, 0) is 14.3 Å². The lowest BCUT2D eigenvalue weighted by Crippen LogP contribution is -2.48. The summed E-state index contributed by atoms with van der Waals surface area (Å²) in [4.78, 5) is 23.2. The summed E-state index contributed by atoms with van der Waals surface area (Å²) in [5.41, 5.74) is -0.561. The highest BCUT2D eigenvalue weighted by Gasteiger charge is 2.30. The largest absolute Gasteiger partial charge is 0.458 e. The van der Waals surface area contributed by atoms with Gasteiger partial charge in [0.2, 0.25) is 5.91 Å². The van der Waals surface area contributed by atoms with E-state index in [2.05, 4.69) is 5.32 Å². The van der Waals surface area contributed by atoms with Crippen LogP contribution in [0.1, 0.15) is 41.0 Å². The van der Waals surface area contributed by atoms with Crippen LogP contribution in [-0.4, -0.2) is 29.4 Å². The van der Waals surface area contributed by atoms with Gasteiger partial charge in [-0.2, -0.15) is 0 Å². The summed E-state index contributed by atoms with van der Waals surface area (Å²) >= 11 is 5.42. The molecule has 100 valence electrons. The van der Waals surface area contributed by atoms with Gasteiger partial charge in [-0.25, -0.2) is 4.79 Å². The third-order valence-electron chi connectivity index (χ3n) is 2.31. The molecule has 1 amide bonds. The van der Waals surface area contributed by atoms with Crippen LogP contribution in [0.3, 0.4) is 0 Å². The number of nitrogens with one attached hydrogen (secondary N) is 1. The topological polar surface area (TPSA) is 55.4 Å². The summed E-state index contributed by atoms with van der Waals surface area (Å²) in [5, 5.41) is 2.59. The van der Waals surface area contributed by atoms with Gasteiger partial charge >= 0.3 is 5.97 Å². The van der Waals surface area contributed by atoms with Gasteiger partial charge in [0.25, 0.3) is 0 Å². The molecule has 0 aromatic rings. The first-order valence-corrected chi connectivity index (χ1v) is 6.33. The molecule has 1 N–H and O–H groups in total. The number of carbonyl (C=O) groups excluding carboxylic acids is 2. The maximum atomic E-state index is 11.9. The Labute approximate surface area is 108 Å². The minimum Gasteiger partial charge on any atom is -0.458 e. The molecule has 0 heterocycles. The van der Waals surface area contributed by atoms with Gasteiger partial charge in [0.1, 0.15) is 17.5 Å². The molecule has 17 heavy (non-hydrogen) atoms. The molecule has 0 aliphatic heterocycles. The summed E-state index contributed by atoms with van der Waals surface area (Å²) < 4.78 is 5.27. The van der Waals surface area contributed by atoms with Gasteiger partial charge in [-0.15, -0.1) is 11.6 Å². The molecule has 0 fully saturated rings. The van der Waals surface area contributed by atoms with Crippen molar-refractivity contribution in [3.8, 4) is 0 Å². The van der Waals surface area contributed by atoms with Crippen LogP contribution in [0.5, 0.6) is 0 Å². The van der Waals surface area contributed by atoms with Crippen molar-refractivity contribution in [3.63, 3.8) is 0 Å². The van der Waals surface area contributed by atoms with E-state index in [1.54, 1.807) is 20.8 Å². The molecule has 2 atom stereocenters. The maximum absolute atomic E-state index is 11.9. The van der Waals surface area contributed by atoms with Crippen LogP contribution in [0.25, 0.3) is 0 Å². The lowest BCUT2D eigenvalue weighted by molar-refractivity contribution is -0.160. The second-order valence-electron chi connectivity index (χ2n) is 5.10. The number of alkyl halides is 1. The van der Waals surface area contributed by atoms with Crippen LogP contribution in [0.15, 0.2) is 0 Å². The summed E-state index contributed by atoms with van der Waals surface area (Å²) in [6.07, 6.45) is 0.770. The van der Waals surface area contributed by atoms with Crippen molar-refractivity contribution >= 4 is 23.5 Å². The van der Waals surface area contributed by atoms with Crippen molar-refractivity contribution in [2.75, 3.05) is 5.88 Å². The van der Waals surface area contributed by atoms with Crippen molar-refractivity contribution in [1.82, 2.24) is 5.32 Å². The van der Waals surface area contributed by atoms with E-state index in [0.29, 0.717) is 0 Å². The normalized spacial score (nSPS) is 14.9.